The standard InChI is InChI=1S/C23H29ClN2O5S2/c1-3-12-26-13-11-18-19(15-26)32-22(21(18)23(28)31-4-2)25-20(27)6-5-14-33(29,30)17-9-7-16(24)8-10-17/h7-10H,3-6,11-15H2,1-2H3,(H,25,27). The van der Waals surface area contributed by atoms with Crippen molar-refractivity contribution >= 4 is 49.7 Å². The fourth-order valence-electron chi connectivity index (χ4n) is 3.84. The highest BCUT2D eigenvalue weighted by Gasteiger charge is 2.29. The molecule has 3 rings (SSSR count). The Hall–Kier alpha value is -1.94. The second-order valence-electron chi connectivity index (χ2n) is 7.88. The van der Waals surface area contributed by atoms with Crippen LogP contribution in [0, 0.1) is 0 Å². The van der Waals surface area contributed by atoms with Crippen molar-refractivity contribution in [3.8, 4) is 0 Å². The molecule has 1 aliphatic rings. The van der Waals surface area contributed by atoms with E-state index >= 15 is 0 Å². The summed E-state index contributed by atoms with van der Waals surface area (Å²) >= 11 is 7.22. The number of halogens is 1. The molecular formula is C23H29ClN2O5S2. The molecule has 0 aliphatic carbocycles. The predicted molar refractivity (Wildman–Crippen MR) is 131 cm³/mol. The number of sulfone groups is 1. The number of thiophene rings is 1. The van der Waals surface area contributed by atoms with E-state index in [4.69, 9.17) is 16.3 Å². The first-order chi connectivity index (χ1) is 15.7. The summed E-state index contributed by atoms with van der Waals surface area (Å²) in [4.78, 5) is 28.8. The fourth-order valence-corrected chi connectivity index (χ4v) is 6.57. The maximum atomic E-state index is 12.6. The van der Waals surface area contributed by atoms with Crippen LogP contribution in [0.5, 0.6) is 0 Å². The average molecular weight is 513 g/mol. The molecule has 0 fully saturated rings. The third-order valence-corrected chi connectivity index (χ3v) is 8.60. The number of anilines is 1. The Bertz CT molecular complexity index is 1100. The summed E-state index contributed by atoms with van der Waals surface area (Å²) in [5.41, 5.74) is 1.39. The quantitative estimate of drug-likeness (QED) is 0.470. The minimum atomic E-state index is -3.50. The van der Waals surface area contributed by atoms with Crippen LogP contribution in [0.1, 0.15) is 53.9 Å². The third-order valence-electron chi connectivity index (χ3n) is 5.40. The molecule has 1 amide bonds. The SMILES string of the molecule is CCCN1CCc2c(sc(NC(=O)CCCS(=O)(=O)c3ccc(Cl)cc3)c2C(=O)OCC)C1. The number of esters is 1. The lowest BCUT2D eigenvalue weighted by Crippen LogP contribution is -2.30. The van der Waals surface area contributed by atoms with E-state index in [-0.39, 0.29) is 36.0 Å². The number of benzene rings is 1. The van der Waals surface area contributed by atoms with Gasteiger partial charge in [0.05, 0.1) is 22.8 Å². The van der Waals surface area contributed by atoms with Gasteiger partial charge in [-0.2, -0.15) is 0 Å². The smallest absolute Gasteiger partial charge is 0.341 e. The molecule has 1 N–H and O–H groups in total. The normalized spacial score (nSPS) is 14.0. The summed E-state index contributed by atoms with van der Waals surface area (Å²) in [5, 5.41) is 3.78. The van der Waals surface area contributed by atoms with Gasteiger partial charge < -0.3 is 10.1 Å². The molecule has 0 unspecified atom stereocenters. The molecular weight excluding hydrogens is 484 g/mol. The van der Waals surface area contributed by atoms with Crippen LogP contribution in [0.4, 0.5) is 5.00 Å². The van der Waals surface area contributed by atoms with Crippen LogP contribution >= 0.6 is 22.9 Å². The molecule has 1 aromatic carbocycles. The van der Waals surface area contributed by atoms with E-state index in [0.29, 0.717) is 15.6 Å². The largest absolute Gasteiger partial charge is 0.462 e. The van der Waals surface area contributed by atoms with Crippen LogP contribution < -0.4 is 5.32 Å². The van der Waals surface area contributed by atoms with Crippen molar-refractivity contribution in [1.29, 1.82) is 0 Å². The van der Waals surface area contributed by atoms with Gasteiger partial charge in [-0.25, -0.2) is 13.2 Å². The number of carbonyl (C=O) groups excluding carboxylic acids is 2. The van der Waals surface area contributed by atoms with Gasteiger partial charge in [0.1, 0.15) is 5.00 Å². The number of hydrogen-bond acceptors (Lipinski definition) is 7. The number of rotatable bonds is 10. The number of ether oxygens (including phenoxy) is 1. The van der Waals surface area contributed by atoms with Crippen LogP contribution in [0.3, 0.4) is 0 Å². The lowest BCUT2D eigenvalue weighted by atomic mass is 10.0. The van der Waals surface area contributed by atoms with Crippen LogP contribution in [0.15, 0.2) is 29.2 Å². The second kappa shape index (κ2) is 11.5. The Morgan fingerprint density at radius 1 is 1.21 bits per heavy atom. The second-order valence-corrected chi connectivity index (χ2v) is 11.5. The number of nitrogens with zero attached hydrogens (tertiary/aromatic N) is 1. The molecule has 7 nitrogen and oxygen atoms in total. The summed E-state index contributed by atoms with van der Waals surface area (Å²) in [6, 6.07) is 5.97. The van der Waals surface area contributed by atoms with E-state index in [1.54, 1.807) is 6.92 Å². The number of carbonyl (C=O) groups is 2. The summed E-state index contributed by atoms with van der Waals surface area (Å²) < 4.78 is 30.2. The van der Waals surface area contributed by atoms with Gasteiger partial charge in [0.15, 0.2) is 9.84 Å². The van der Waals surface area contributed by atoms with Gasteiger partial charge in [-0.1, -0.05) is 18.5 Å². The number of amides is 1. The van der Waals surface area contributed by atoms with E-state index in [2.05, 4.69) is 17.1 Å². The summed E-state index contributed by atoms with van der Waals surface area (Å²) in [5.74, 6) is -0.907. The van der Waals surface area contributed by atoms with E-state index in [0.717, 1.165) is 42.9 Å². The molecule has 2 heterocycles. The number of fused-ring (bicyclic) bond motifs is 1. The van der Waals surface area contributed by atoms with Gasteiger partial charge >= 0.3 is 5.97 Å². The Balaban J connectivity index is 1.67. The van der Waals surface area contributed by atoms with Crippen molar-refractivity contribution in [1.82, 2.24) is 4.90 Å². The molecule has 0 radical (unpaired) electrons. The Morgan fingerprint density at radius 2 is 1.94 bits per heavy atom. The average Bonchev–Trinajstić information content (AvgIpc) is 3.11. The van der Waals surface area contributed by atoms with E-state index in [1.807, 2.05) is 0 Å². The molecule has 180 valence electrons. The first-order valence-corrected chi connectivity index (χ1v) is 13.9. The van der Waals surface area contributed by atoms with Crippen molar-refractivity contribution in [2.75, 3.05) is 30.8 Å². The Labute approximate surface area is 204 Å². The highest BCUT2D eigenvalue weighted by molar-refractivity contribution is 7.91. The topological polar surface area (TPSA) is 92.8 Å². The molecule has 0 bridgehead atoms. The highest BCUT2D eigenvalue weighted by Crippen LogP contribution is 2.38. The fraction of sp³-hybridized carbons (Fsp3) is 0.478. The maximum Gasteiger partial charge on any atom is 0.341 e. The Morgan fingerprint density at radius 3 is 2.61 bits per heavy atom. The monoisotopic (exact) mass is 512 g/mol. The molecule has 33 heavy (non-hydrogen) atoms. The van der Waals surface area contributed by atoms with Gasteiger partial charge in [0.2, 0.25) is 5.91 Å². The molecule has 1 aliphatic heterocycles. The van der Waals surface area contributed by atoms with Crippen LogP contribution in [0.25, 0.3) is 0 Å². The van der Waals surface area contributed by atoms with E-state index in [1.165, 1.54) is 35.6 Å². The van der Waals surface area contributed by atoms with Crippen LogP contribution in [-0.2, 0) is 32.3 Å². The van der Waals surface area contributed by atoms with Gasteiger partial charge in [0.25, 0.3) is 0 Å². The third kappa shape index (κ3) is 6.56. The summed E-state index contributed by atoms with van der Waals surface area (Å²) in [6.07, 6.45) is 1.98. The van der Waals surface area contributed by atoms with Crippen molar-refractivity contribution < 1.29 is 22.7 Å². The Kier molecular flexibility index (Phi) is 8.92. The first-order valence-electron chi connectivity index (χ1n) is 11.1. The molecule has 2 aromatic rings. The number of nitrogens with one attached hydrogen (secondary N) is 1. The molecule has 0 spiro atoms. The molecule has 1 aromatic heterocycles. The van der Waals surface area contributed by atoms with E-state index < -0.39 is 15.8 Å². The summed E-state index contributed by atoms with van der Waals surface area (Å²) in [6.45, 7) is 6.72. The van der Waals surface area contributed by atoms with Gasteiger partial charge in [0, 0.05) is 29.4 Å². The first kappa shape index (κ1) is 25.7. The zero-order valence-corrected chi connectivity index (χ0v) is 21.2. The van der Waals surface area contributed by atoms with Gasteiger partial charge in [-0.05, 0) is 62.6 Å². The zero-order chi connectivity index (χ0) is 24.0. The van der Waals surface area contributed by atoms with Crippen molar-refractivity contribution in [2.45, 2.75) is 51.0 Å². The summed E-state index contributed by atoms with van der Waals surface area (Å²) in [7, 11) is -3.50. The maximum absolute atomic E-state index is 12.6. The van der Waals surface area contributed by atoms with Gasteiger partial charge in [-0.15, -0.1) is 11.3 Å². The molecule has 0 saturated heterocycles. The zero-order valence-electron chi connectivity index (χ0n) is 18.9. The minimum Gasteiger partial charge on any atom is -0.462 e. The predicted octanol–water partition coefficient (Wildman–Crippen LogP) is 4.54. The van der Waals surface area contributed by atoms with Gasteiger partial charge in [-0.3, -0.25) is 9.69 Å². The number of hydrogen-bond donors (Lipinski definition) is 1. The van der Waals surface area contributed by atoms with E-state index in [9.17, 15) is 18.0 Å². The molecule has 0 saturated carbocycles. The highest BCUT2D eigenvalue weighted by atomic mass is 35.5. The van der Waals surface area contributed by atoms with Crippen LogP contribution in [0.2, 0.25) is 5.02 Å². The van der Waals surface area contributed by atoms with Crippen molar-refractivity contribution in [3.63, 3.8) is 0 Å². The molecule has 10 heteroatoms. The lowest BCUT2D eigenvalue weighted by molar-refractivity contribution is -0.116. The minimum absolute atomic E-state index is 0.0274. The van der Waals surface area contributed by atoms with Crippen molar-refractivity contribution in [3.05, 3.63) is 45.3 Å². The lowest BCUT2D eigenvalue weighted by Gasteiger charge is -2.26. The van der Waals surface area contributed by atoms with Crippen LogP contribution in [-0.4, -0.2) is 50.6 Å². The van der Waals surface area contributed by atoms with Crippen molar-refractivity contribution in [2.24, 2.45) is 0 Å². The molecule has 0 atom stereocenters.